The van der Waals surface area contributed by atoms with Crippen molar-refractivity contribution in [3.63, 3.8) is 0 Å². The number of hydrogen-bond acceptors (Lipinski definition) is 3. The minimum absolute atomic E-state index is 0.147. The molecule has 2 rings (SSSR count). The molecule has 2 N–H and O–H groups in total. The van der Waals surface area contributed by atoms with Crippen LogP contribution in [0.2, 0.25) is 5.02 Å². The van der Waals surface area contributed by atoms with Gasteiger partial charge in [0.15, 0.2) is 0 Å². The van der Waals surface area contributed by atoms with E-state index < -0.39 is 0 Å². The van der Waals surface area contributed by atoms with Crippen molar-refractivity contribution in [2.24, 2.45) is 5.92 Å². The molecule has 1 aromatic carbocycles. The predicted octanol–water partition coefficient (Wildman–Crippen LogP) is 3.23. The summed E-state index contributed by atoms with van der Waals surface area (Å²) < 4.78 is 0. The second-order valence-corrected chi connectivity index (χ2v) is 6.64. The summed E-state index contributed by atoms with van der Waals surface area (Å²) in [5.74, 6) is 0.688. The normalized spacial score (nSPS) is 19.2. The number of nitrogens with one attached hydrogen (secondary N) is 1. The lowest BCUT2D eigenvalue weighted by atomic mass is 9.87. The molecule has 0 amide bonds. The summed E-state index contributed by atoms with van der Waals surface area (Å²) in [6, 6.07) is 7.74. The maximum absolute atomic E-state index is 9.84. The van der Waals surface area contributed by atoms with E-state index >= 15 is 0 Å². The van der Waals surface area contributed by atoms with E-state index in [0.717, 1.165) is 38.2 Å². The molecule has 0 saturated carbocycles. The molecule has 4 heteroatoms. The quantitative estimate of drug-likeness (QED) is 0.876. The fourth-order valence-corrected chi connectivity index (χ4v) is 3.03. The van der Waals surface area contributed by atoms with Crippen LogP contribution in [0.25, 0.3) is 0 Å². The molecule has 0 aromatic heterocycles. The highest BCUT2D eigenvalue weighted by Crippen LogP contribution is 2.30. The molecule has 1 aromatic rings. The van der Waals surface area contributed by atoms with Gasteiger partial charge in [-0.05, 0) is 30.9 Å². The van der Waals surface area contributed by atoms with Gasteiger partial charge in [0.2, 0.25) is 0 Å². The molecule has 1 fully saturated rings. The molecule has 0 spiro atoms. The monoisotopic (exact) mass is 296 g/mol. The van der Waals surface area contributed by atoms with Crippen molar-refractivity contribution in [3.05, 3.63) is 29.3 Å². The summed E-state index contributed by atoms with van der Waals surface area (Å²) in [6.45, 7) is 7.82. The molecule has 0 bridgehead atoms. The van der Waals surface area contributed by atoms with Gasteiger partial charge in [0.25, 0.3) is 0 Å². The highest BCUT2D eigenvalue weighted by Gasteiger charge is 2.34. The summed E-state index contributed by atoms with van der Waals surface area (Å²) >= 11 is 6.21. The summed E-state index contributed by atoms with van der Waals surface area (Å²) in [5.41, 5.74) is 0.680. The number of aliphatic hydroxyl groups is 1. The van der Waals surface area contributed by atoms with Gasteiger partial charge in [0, 0.05) is 19.6 Å². The fraction of sp³-hybridized carbons (Fsp3) is 0.625. The van der Waals surface area contributed by atoms with Crippen LogP contribution in [0.4, 0.5) is 5.69 Å². The van der Waals surface area contributed by atoms with Crippen LogP contribution in [0.5, 0.6) is 0 Å². The summed E-state index contributed by atoms with van der Waals surface area (Å²) in [7, 11) is 0. The maximum atomic E-state index is 9.84. The Morgan fingerprint density at radius 2 is 1.95 bits per heavy atom. The molecule has 1 heterocycles. The Hall–Kier alpha value is -0.770. The zero-order chi connectivity index (χ0) is 14.6. The third kappa shape index (κ3) is 3.87. The minimum Gasteiger partial charge on any atom is -0.394 e. The summed E-state index contributed by atoms with van der Waals surface area (Å²) in [6.07, 6.45) is 1.89. The van der Waals surface area contributed by atoms with Gasteiger partial charge in [-0.3, -0.25) is 0 Å². The number of halogens is 1. The van der Waals surface area contributed by atoms with Crippen molar-refractivity contribution < 1.29 is 5.11 Å². The Kier molecular flexibility index (Phi) is 5.30. The molecule has 20 heavy (non-hydrogen) atoms. The maximum Gasteiger partial charge on any atom is 0.0662 e. The van der Waals surface area contributed by atoms with Gasteiger partial charge in [-0.1, -0.05) is 37.6 Å². The molecular weight excluding hydrogens is 272 g/mol. The summed E-state index contributed by atoms with van der Waals surface area (Å²) in [5, 5.41) is 14.0. The van der Waals surface area contributed by atoms with Crippen LogP contribution in [0.1, 0.15) is 26.7 Å². The smallest absolute Gasteiger partial charge is 0.0662 e. The van der Waals surface area contributed by atoms with Crippen LogP contribution >= 0.6 is 11.6 Å². The Balaban J connectivity index is 2.00. The largest absolute Gasteiger partial charge is 0.394 e. The molecule has 0 atom stereocenters. The van der Waals surface area contributed by atoms with Crippen LogP contribution in [0.15, 0.2) is 24.3 Å². The zero-order valence-electron chi connectivity index (χ0n) is 12.4. The Morgan fingerprint density at radius 3 is 2.50 bits per heavy atom. The third-order valence-electron chi connectivity index (χ3n) is 4.01. The number of rotatable bonds is 5. The Bertz CT molecular complexity index is 428. The second-order valence-electron chi connectivity index (χ2n) is 6.24. The van der Waals surface area contributed by atoms with E-state index in [1.54, 1.807) is 0 Å². The van der Waals surface area contributed by atoms with Gasteiger partial charge < -0.3 is 15.3 Å². The number of nitrogens with zero attached hydrogens (tertiary/aromatic N) is 1. The number of benzene rings is 1. The van der Waals surface area contributed by atoms with E-state index in [1.807, 2.05) is 24.3 Å². The molecule has 0 aliphatic carbocycles. The van der Waals surface area contributed by atoms with Crippen LogP contribution in [0.3, 0.4) is 0 Å². The molecule has 1 aliphatic rings. The van der Waals surface area contributed by atoms with E-state index in [4.69, 9.17) is 11.6 Å². The molecule has 0 radical (unpaired) electrons. The molecule has 112 valence electrons. The van der Waals surface area contributed by atoms with Crippen molar-refractivity contribution in [2.75, 3.05) is 31.6 Å². The van der Waals surface area contributed by atoms with Crippen molar-refractivity contribution in [2.45, 2.75) is 32.2 Å². The van der Waals surface area contributed by atoms with Crippen LogP contribution in [-0.4, -0.2) is 41.8 Å². The van der Waals surface area contributed by atoms with Gasteiger partial charge in [-0.2, -0.15) is 0 Å². The Morgan fingerprint density at radius 1 is 1.30 bits per heavy atom. The van der Waals surface area contributed by atoms with Gasteiger partial charge >= 0.3 is 0 Å². The summed E-state index contributed by atoms with van der Waals surface area (Å²) in [4.78, 5) is 2.48. The van der Waals surface area contributed by atoms with Crippen LogP contribution in [-0.2, 0) is 0 Å². The average Bonchev–Trinajstić information content (AvgIpc) is 2.43. The number of anilines is 1. The number of hydrogen-bond donors (Lipinski definition) is 2. The first-order chi connectivity index (χ1) is 9.54. The highest BCUT2D eigenvalue weighted by atomic mass is 35.5. The SMILES string of the molecule is CC(C)CN1CCC(CO)(Nc2ccccc2Cl)CC1. The van der Waals surface area contributed by atoms with Crippen LogP contribution in [0, 0.1) is 5.92 Å². The Labute approximate surface area is 126 Å². The van der Waals surface area contributed by atoms with E-state index in [2.05, 4.69) is 24.1 Å². The van der Waals surface area contributed by atoms with E-state index in [9.17, 15) is 5.11 Å². The lowest BCUT2D eigenvalue weighted by Crippen LogP contribution is -2.52. The molecule has 1 aliphatic heterocycles. The number of para-hydroxylation sites is 1. The number of piperidine rings is 1. The van der Waals surface area contributed by atoms with Crippen molar-refractivity contribution in [1.29, 1.82) is 0 Å². The minimum atomic E-state index is -0.238. The van der Waals surface area contributed by atoms with Gasteiger partial charge in [-0.15, -0.1) is 0 Å². The molecule has 0 unspecified atom stereocenters. The second kappa shape index (κ2) is 6.79. The van der Waals surface area contributed by atoms with E-state index in [0.29, 0.717) is 10.9 Å². The highest BCUT2D eigenvalue weighted by molar-refractivity contribution is 6.33. The first-order valence-electron chi connectivity index (χ1n) is 7.40. The van der Waals surface area contributed by atoms with Crippen molar-refractivity contribution in [3.8, 4) is 0 Å². The van der Waals surface area contributed by atoms with E-state index in [-0.39, 0.29) is 12.1 Å². The van der Waals surface area contributed by atoms with Crippen molar-refractivity contribution >= 4 is 17.3 Å². The topological polar surface area (TPSA) is 35.5 Å². The lowest BCUT2D eigenvalue weighted by Gasteiger charge is -2.42. The fourth-order valence-electron chi connectivity index (χ4n) is 2.85. The number of likely N-dealkylation sites (tertiary alicyclic amines) is 1. The van der Waals surface area contributed by atoms with Gasteiger partial charge in [0.1, 0.15) is 0 Å². The zero-order valence-corrected chi connectivity index (χ0v) is 13.2. The first-order valence-corrected chi connectivity index (χ1v) is 7.78. The molecule has 3 nitrogen and oxygen atoms in total. The third-order valence-corrected chi connectivity index (χ3v) is 4.34. The lowest BCUT2D eigenvalue weighted by molar-refractivity contribution is 0.111. The molecular formula is C16H25ClN2O. The number of aliphatic hydroxyl groups excluding tert-OH is 1. The van der Waals surface area contributed by atoms with E-state index in [1.165, 1.54) is 0 Å². The van der Waals surface area contributed by atoms with Crippen LogP contribution < -0.4 is 5.32 Å². The standard InChI is InChI=1S/C16H25ClN2O/c1-13(2)11-19-9-7-16(12-20,8-10-19)18-15-6-4-3-5-14(15)17/h3-6,13,18,20H,7-12H2,1-2H3. The van der Waals surface area contributed by atoms with Gasteiger partial charge in [0.05, 0.1) is 22.9 Å². The average molecular weight is 297 g/mol. The van der Waals surface area contributed by atoms with Gasteiger partial charge in [-0.25, -0.2) is 0 Å². The predicted molar refractivity (Wildman–Crippen MR) is 85.4 cm³/mol. The van der Waals surface area contributed by atoms with Crippen molar-refractivity contribution in [1.82, 2.24) is 4.90 Å². The molecule has 1 saturated heterocycles. The first kappa shape index (κ1) is 15.6.